The highest BCUT2D eigenvalue weighted by Crippen LogP contribution is 2.38. The Bertz CT molecular complexity index is 642. The molecule has 2 heterocycles. The number of nitrogens with zero attached hydrogens (tertiary/aromatic N) is 2. The van der Waals surface area contributed by atoms with Gasteiger partial charge in [0.1, 0.15) is 6.10 Å². The van der Waals surface area contributed by atoms with E-state index in [9.17, 15) is 9.59 Å². The van der Waals surface area contributed by atoms with Crippen molar-refractivity contribution in [3.05, 3.63) is 35.9 Å². The number of fused-ring (bicyclic) bond motifs is 1. The highest BCUT2D eigenvalue weighted by molar-refractivity contribution is 5.82. The van der Waals surface area contributed by atoms with Crippen molar-refractivity contribution >= 4 is 12.0 Å². The molecule has 0 N–H and O–H groups in total. The Morgan fingerprint density at radius 2 is 1.84 bits per heavy atom. The van der Waals surface area contributed by atoms with Crippen LogP contribution in [0.2, 0.25) is 0 Å². The molecule has 3 aliphatic rings. The first-order valence-corrected chi connectivity index (χ1v) is 9.48. The molecule has 0 spiro atoms. The lowest BCUT2D eigenvalue weighted by Gasteiger charge is -2.31. The van der Waals surface area contributed by atoms with Crippen LogP contribution in [0, 0.1) is 0 Å². The van der Waals surface area contributed by atoms with Gasteiger partial charge in [0.05, 0.1) is 18.1 Å². The molecule has 2 amide bonds. The number of benzene rings is 1. The Morgan fingerprint density at radius 1 is 1.12 bits per heavy atom. The molecule has 3 atom stereocenters. The molecule has 2 saturated heterocycles. The summed E-state index contributed by atoms with van der Waals surface area (Å²) in [5.41, 5.74) is 1.14. The third-order valence-electron chi connectivity index (χ3n) is 6.04. The van der Waals surface area contributed by atoms with Gasteiger partial charge in [-0.2, -0.15) is 0 Å². The molecule has 0 bridgehead atoms. The van der Waals surface area contributed by atoms with E-state index < -0.39 is 0 Å². The lowest BCUT2D eigenvalue weighted by atomic mass is 10.0. The van der Waals surface area contributed by atoms with Crippen LogP contribution in [-0.2, 0) is 9.53 Å². The number of hydrogen-bond donors (Lipinski definition) is 0. The van der Waals surface area contributed by atoms with E-state index in [-0.39, 0.29) is 36.2 Å². The maximum absolute atomic E-state index is 12.7. The summed E-state index contributed by atoms with van der Waals surface area (Å²) >= 11 is 0. The van der Waals surface area contributed by atoms with Crippen molar-refractivity contribution in [3.8, 4) is 0 Å². The fraction of sp³-hybridized carbons (Fsp3) is 0.600. The molecule has 0 unspecified atom stereocenters. The van der Waals surface area contributed by atoms with E-state index in [1.807, 2.05) is 23.1 Å². The minimum atomic E-state index is -0.221. The number of rotatable bonds is 3. The Hall–Kier alpha value is -2.04. The van der Waals surface area contributed by atoms with Gasteiger partial charge < -0.3 is 14.5 Å². The van der Waals surface area contributed by atoms with Crippen LogP contribution >= 0.6 is 0 Å². The summed E-state index contributed by atoms with van der Waals surface area (Å²) in [6.07, 6.45) is 5.35. The molecular weight excluding hydrogens is 316 g/mol. The van der Waals surface area contributed by atoms with Gasteiger partial charge >= 0.3 is 6.09 Å². The summed E-state index contributed by atoms with van der Waals surface area (Å²) in [4.78, 5) is 29.0. The maximum atomic E-state index is 12.7. The zero-order chi connectivity index (χ0) is 17.4. The molecule has 25 heavy (non-hydrogen) atoms. The van der Waals surface area contributed by atoms with Crippen molar-refractivity contribution in [2.75, 3.05) is 6.54 Å². The van der Waals surface area contributed by atoms with E-state index in [0.29, 0.717) is 13.0 Å². The fourth-order valence-electron chi connectivity index (χ4n) is 4.72. The highest BCUT2D eigenvalue weighted by Gasteiger charge is 2.50. The van der Waals surface area contributed by atoms with Crippen LogP contribution < -0.4 is 0 Å². The molecule has 134 valence electrons. The topological polar surface area (TPSA) is 49.9 Å². The molecule has 1 saturated carbocycles. The number of likely N-dealkylation sites (tertiary alicyclic amines) is 2. The largest absolute Gasteiger partial charge is 0.446 e. The van der Waals surface area contributed by atoms with Crippen LogP contribution in [0.15, 0.2) is 30.3 Å². The molecular formula is C20H26N2O3. The summed E-state index contributed by atoms with van der Waals surface area (Å²) in [7, 11) is 0. The second-order valence-corrected chi connectivity index (χ2v) is 7.50. The van der Waals surface area contributed by atoms with Gasteiger partial charge in [-0.05, 0) is 44.6 Å². The minimum absolute atomic E-state index is 0.0347. The third-order valence-corrected chi connectivity index (χ3v) is 6.04. The van der Waals surface area contributed by atoms with E-state index in [0.717, 1.165) is 37.7 Å². The van der Waals surface area contributed by atoms with Crippen molar-refractivity contribution < 1.29 is 14.3 Å². The van der Waals surface area contributed by atoms with Crippen LogP contribution in [-0.4, -0.2) is 46.5 Å². The Labute approximate surface area is 148 Å². The van der Waals surface area contributed by atoms with Gasteiger partial charge in [-0.25, -0.2) is 4.79 Å². The first kappa shape index (κ1) is 16.4. The zero-order valence-corrected chi connectivity index (χ0v) is 14.8. The molecule has 0 aromatic heterocycles. The van der Waals surface area contributed by atoms with Crippen LogP contribution in [0.5, 0.6) is 0 Å². The molecule has 1 aromatic carbocycles. The van der Waals surface area contributed by atoms with E-state index in [1.165, 1.54) is 0 Å². The Morgan fingerprint density at radius 3 is 2.56 bits per heavy atom. The van der Waals surface area contributed by atoms with Crippen molar-refractivity contribution in [1.29, 1.82) is 0 Å². The van der Waals surface area contributed by atoms with Crippen LogP contribution in [0.3, 0.4) is 0 Å². The molecule has 0 radical (unpaired) electrons. The van der Waals surface area contributed by atoms with Gasteiger partial charge in [-0.1, -0.05) is 30.3 Å². The van der Waals surface area contributed by atoms with Crippen LogP contribution in [0.1, 0.15) is 57.1 Å². The molecule has 3 fully saturated rings. The van der Waals surface area contributed by atoms with Gasteiger partial charge in [0.2, 0.25) is 5.91 Å². The van der Waals surface area contributed by atoms with E-state index in [1.54, 1.807) is 4.90 Å². The van der Waals surface area contributed by atoms with E-state index in [4.69, 9.17) is 4.74 Å². The van der Waals surface area contributed by atoms with Gasteiger partial charge in [-0.3, -0.25) is 4.79 Å². The molecule has 5 nitrogen and oxygen atoms in total. The standard InChI is InChI=1S/C20H26N2O3/c1-14(15-7-3-2-4-8-15)22-17-11-12-21(18(17)13-19(22)23)20(24)25-16-9-5-6-10-16/h2-4,7-8,14,16-18H,5-6,9-13H2,1H3/t14-,17-,18-/m0/s1. The zero-order valence-electron chi connectivity index (χ0n) is 14.8. The van der Waals surface area contributed by atoms with Crippen molar-refractivity contribution in [3.63, 3.8) is 0 Å². The predicted octanol–water partition coefficient (Wildman–Crippen LogP) is 3.50. The van der Waals surface area contributed by atoms with Gasteiger partial charge in [-0.15, -0.1) is 0 Å². The average molecular weight is 342 g/mol. The number of carbonyl (C=O) groups is 2. The number of ether oxygens (including phenoxy) is 1. The molecule has 1 aliphatic carbocycles. The summed E-state index contributed by atoms with van der Waals surface area (Å²) < 4.78 is 5.68. The lowest BCUT2D eigenvalue weighted by Crippen LogP contribution is -2.41. The smallest absolute Gasteiger partial charge is 0.410 e. The number of carbonyl (C=O) groups excluding carboxylic acids is 2. The maximum Gasteiger partial charge on any atom is 0.410 e. The number of amides is 2. The lowest BCUT2D eigenvalue weighted by molar-refractivity contribution is -0.131. The van der Waals surface area contributed by atoms with Crippen molar-refractivity contribution in [2.24, 2.45) is 0 Å². The normalized spacial score (nSPS) is 27.6. The summed E-state index contributed by atoms with van der Waals surface area (Å²) in [6, 6.07) is 10.2. The second-order valence-electron chi connectivity index (χ2n) is 7.50. The second kappa shape index (κ2) is 6.70. The minimum Gasteiger partial charge on any atom is -0.446 e. The van der Waals surface area contributed by atoms with Gasteiger partial charge in [0.15, 0.2) is 0 Å². The summed E-state index contributed by atoms with van der Waals surface area (Å²) in [6.45, 7) is 2.77. The first-order valence-electron chi connectivity index (χ1n) is 9.48. The van der Waals surface area contributed by atoms with E-state index >= 15 is 0 Å². The quantitative estimate of drug-likeness (QED) is 0.845. The molecule has 1 aromatic rings. The summed E-state index contributed by atoms with van der Waals surface area (Å²) in [5, 5.41) is 0. The van der Waals surface area contributed by atoms with E-state index in [2.05, 4.69) is 19.1 Å². The molecule has 4 rings (SSSR count). The van der Waals surface area contributed by atoms with Crippen molar-refractivity contribution in [2.45, 2.75) is 69.7 Å². The summed E-state index contributed by atoms with van der Waals surface area (Å²) in [5.74, 6) is 0.143. The third kappa shape index (κ3) is 3.00. The monoisotopic (exact) mass is 342 g/mol. The molecule has 5 heteroatoms. The molecule has 2 aliphatic heterocycles. The highest BCUT2D eigenvalue weighted by atomic mass is 16.6. The Kier molecular flexibility index (Phi) is 4.40. The average Bonchev–Trinajstić information content (AvgIpc) is 3.32. The Balaban J connectivity index is 1.46. The SMILES string of the molecule is C[C@@H](c1ccccc1)N1C(=O)C[C@H]2[C@@H]1CCN2C(=O)OC1CCCC1. The van der Waals surface area contributed by atoms with Crippen LogP contribution in [0.4, 0.5) is 4.79 Å². The van der Waals surface area contributed by atoms with Crippen LogP contribution in [0.25, 0.3) is 0 Å². The fourth-order valence-corrected chi connectivity index (χ4v) is 4.72. The van der Waals surface area contributed by atoms with Gasteiger partial charge in [0, 0.05) is 13.0 Å². The van der Waals surface area contributed by atoms with Gasteiger partial charge in [0.25, 0.3) is 0 Å². The van der Waals surface area contributed by atoms with Crippen molar-refractivity contribution in [1.82, 2.24) is 9.80 Å². The first-order chi connectivity index (χ1) is 12.1. The number of hydrogen-bond acceptors (Lipinski definition) is 3. The predicted molar refractivity (Wildman–Crippen MR) is 94.0 cm³/mol.